The van der Waals surface area contributed by atoms with Gasteiger partial charge in [0, 0.05) is 38.4 Å². The van der Waals surface area contributed by atoms with E-state index in [2.05, 4.69) is 37.0 Å². The fraction of sp³-hybridized carbons (Fsp3) is 0.435. The van der Waals surface area contributed by atoms with Crippen LogP contribution in [0.3, 0.4) is 0 Å². The summed E-state index contributed by atoms with van der Waals surface area (Å²) in [5.41, 5.74) is 6.95. The Bertz CT molecular complexity index is 1150. The number of rotatable bonds is 7. The Labute approximate surface area is 195 Å². The summed E-state index contributed by atoms with van der Waals surface area (Å²) in [4.78, 5) is 17.9. The second-order valence-electron chi connectivity index (χ2n) is 8.18. The van der Waals surface area contributed by atoms with Crippen LogP contribution in [0.2, 0.25) is 0 Å². The van der Waals surface area contributed by atoms with Crippen LogP contribution in [0.25, 0.3) is 11.0 Å². The van der Waals surface area contributed by atoms with Crippen molar-refractivity contribution in [2.45, 2.75) is 19.5 Å². The maximum absolute atomic E-state index is 13.1. The highest BCUT2D eigenvalue weighted by atomic mass is 19.4. The zero-order valence-electron chi connectivity index (χ0n) is 19.2. The number of nitrogens with zero attached hydrogens (tertiary/aromatic N) is 5. The summed E-state index contributed by atoms with van der Waals surface area (Å²) in [5.74, 6) is 0.517. The monoisotopic (exact) mass is 475 g/mol. The first-order valence-electron chi connectivity index (χ1n) is 11.2. The lowest BCUT2D eigenvalue weighted by Crippen LogP contribution is -2.46. The molecule has 0 saturated carbocycles. The highest BCUT2D eigenvalue weighted by Gasteiger charge is 2.31. The Balaban J connectivity index is 1.55. The average molecular weight is 476 g/mol. The van der Waals surface area contributed by atoms with Gasteiger partial charge in [0.25, 0.3) is 0 Å². The van der Waals surface area contributed by atoms with Gasteiger partial charge in [0.05, 0.1) is 29.9 Å². The number of halogens is 3. The number of fused-ring (bicyclic) bond motifs is 1. The Morgan fingerprint density at radius 2 is 1.85 bits per heavy atom. The molecule has 3 aromatic rings. The molecule has 0 bridgehead atoms. The number of ether oxygens (including phenoxy) is 1. The van der Waals surface area contributed by atoms with Crippen LogP contribution in [-0.4, -0.2) is 66.2 Å². The number of benzene rings is 1. The zero-order chi connectivity index (χ0) is 24.3. The molecule has 3 heterocycles. The molecule has 8 nitrogen and oxygen atoms in total. The molecule has 0 atom stereocenters. The normalized spacial score (nSPS) is 15.0. The number of alkyl halides is 3. The third kappa shape index (κ3) is 5.41. The largest absolute Gasteiger partial charge is 0.467 e. The van der Waals surface area contributed by atoms with Gasteiger partial charge in [-0.2, -0.15) is 23.1 Å². The minimum atomic E-state index is -4.45. The molecule has 0 amide bonds. The summed E-state index contributed by atoms with van der Waals surface area (Å²) < 4.78 is 44.5. The van der Waals surface area contributed by atoms with Crippen LogP contribution in [0.4, 0.5) is 30.4 Å². The maximum atomic E-state index is 13.1. The number of nitrogens with two attached hydrogens (primary N) is 1. The van der Waals surface area contributed by atoms with E-state index >= 15 is 0 Å². The van der Waals surface area contributed by atoms with E-state index in [0.29, 0.717) is 30.0 Å². The molecule has 0 spiro atoms. The Hall–Kier alpha value is -3.34. The predicted molar refractivity (Wildman–Crippen MR) is 126 cm³/mol. The molecule has 2 aromatic heterocycles. The number of pyridine rings is 1. The van der Waals surface area contributed by atoms with Gasteiger partial charge >= 0.3 is 12.2 Å². The van der Waals surface area contributed by atoms with Crippen molar-refractivity contribution in [3.05, 3.63) is 41.6 Å². The Morgan fingerprint density at radius 3 is 2.53 bits per heavy atom. The lowest BCUT2D eigenvalue weighted by molar-refractivity contribution is -0.137. The summed E-state index contributed by atoms with van der Waals surface area (Å²) in [6.45, 7) is 7.30. The van der Waals surface area contributed by atoms with Gasteiger partial charge in [-0.25, -0.2) is 4.98 Å². The molecule has 1 fully saturated rings. The number of anilines is 3. The molecule has 1 aromatic carbocycles. The quantitative estimate of drug-likeness (QED) is 0.502. The zero-order valence-corrected chi connectivity index (χ0v) is 19.2. The van der Waals surface area contributed by atoms with Crippen LogP contribution in [0.5, 0.6) is 6.01 Å². The Kier molecular flexibility index (Phi) is 6.92. The number of aromatic nitrogens is 3. The van der Waals surface area contributed by atoms with Gasteiger partial charge in [0.2, 0.25) is 0 Å². The van der Waals surface area contributed by atoms with E-state index in [4.69, 9.17) is 10.5 Å². The average Bonchev–Trinajstić information content (AvgIpc) is 2.82. The van der Waals surface area contributed by atoms with Gasteiger partial charge < -0.3 is 25.6 Å². The highest BCUT2D eigenvalue weighted by molar-refractivity contribution is 5.89. The minimum absolute atomic E-state index is 0.0796. The molecule has 1 aliphatic rings. The molecule has 0 aliphatic carbocycles. The van der Waals surface area contributed by atoms with Crippen LogP contribution in [0.15, 0.2) is 30.5 Å². The maximum Gasteiger partial charge on any atom is 0.416 e. The second kappa shape index (κ2) is 9.88. The van der Waals surface area contributed by atoms with Crippen molar-refractivity contribution < 1.29 is 17.9 Å². The molecule has 1 aliphatic heterocycles. The third-order valence-corrected chi connectivity index (χ3v) is 5.93. The van der Waals surface area contributed by atoms with Crippen molar-refractivity contribution in [1.29, 1.82) is 0 Å². The molecular weight excluding hydrogens is 447 g/mol. The van der Waals surface area contributed by atoms with Crippen molar-refractivity contribution in [1.82, 2.24) is 19.9 Å². The topological polar surface area (TPSA) is 92.4 Å². The van der Waals surface area contributed by atoms with Gasteiger partial charge in [-0.05, 0) is 42.8 Å². The molecule has 0 unspecified atom stereocenters. The van der Waals surface area contributed by atoms with Crippen LogP contribution < -0.4 is 20.7 Å². The summed E-state index contributed by atoms with van der Waals surface area (Å²) in [5, 5.41) is 3.94. The van der Waals surface area contributed by atoms with Crippen molar-refractivity contribution >= 4 is 28.2 Å². The van der Waals surface area contributed by atoms with Gasteiger partial charge in [-0.15, -0.1) is 0 Å². The molecule has 34 heavy (non-hydrogen) atoms. The fourth-order valence-corrected chi connectivity index (χ4v) is 4.05. The second-order valence-corrected chi connectivity index (χ2v) is 8.18. The number of piperazine rings is 1. The minimum Gasteiger partial charge on any atom is -0.467 e. The lowest BCUT2D eigenvalue weighted by Gasteiger charge is -2.35. The SMILES string of the molecule is CCN1CCN(c2cnc3nc(OC)nc(NCCc4cc(N)cc(C(F)(F)F)c4)c3c2)CC1. The third-order valence-electron chi connectivity index (χ3n) is 5.93. The molecule has 11 heteroatoms. The van der Waals surface area contributed by atoms with Crippen molar-refractivity contribution in [2.75, 3.05) is 62.3 Å². The Morgan fingerprint density at radius 1 is 1.09 bits per heavy atom. The van der Waals surface area contributed by atoms with Gasteiger partial charge in [0.15, 0.2) is 5.65 Å². The van der Waals surface area contributed by atoms with Crippen LogP contribution in [0, 0.1) is 0 Å². The number of nitrogen functional groups attached to an aromatic ring is 1. The fourth-order valence-electron chi connectivity index (χ4n) is 4.05. The number of hydrogen-bond donors (Lipinski definition) is 2. The van der Waals surface area contributed by atoms with E-state index in [1.165, 1.54) is 7.11 Å². The first kappa shape index (κ1) is 23.8. The van der Waals surface area contributed by atoms with Crippen LogP contribution >= 0.6 is 0 Å². The van der Waals surface area contributed by atoms with E-state index in [1.807, 2.05) is 6.07 Å². The van der Waals surface area contributed by atoms with E-state index in [0.717, 1.165) is 55.9 Å². The van der Waals surface area contributed by atoms with Gasteiger partial charge in [-0.1, -0.05) is 6.92 Å². The summed E-state index contributed by atoms with van der Waals surface area (Å²) in [6.07, 6.45) is -2.32. The summed E-state index contributed by atoms with van der Waals surface area (Å²) >= 11 is 0. The highest BCUT2D eigenvalue weighted by Crippen LogP contribution is 2.32. The van der Waals surface area contributed by atoms with E-state index < -0.39 is 11.7 Å². The summed E-state index contributed by atoms with van der Waals surface area (Å²) in [6, 6.07) is 5.76. The van der Waals surface area contributed by atoms with Crippen molar-refractivity contribution in [3.63, 3.8) is 0 Å². The molecular formula is C23H28F3N7O. The van der Waals surface area contributed by atoms with Crippen LogP contribution in [0.1, 0.15) is 18.1 Å². The number of hydrogen-bond acceptors (Lipinski definition) is 8. The number of nitrogens with one attached hydrogen (secondary N) is 1. The smallest absolute Gasteiger partial charge is 0.416 e. The number of methoxy groups -OCH3 is 1. The van der Waals surface area contributed by atoms with Crippen molar-refractivity contribution in [3.8, 4) is 6.01 Å². The van der Waals surface area contributed by atoms with E-state index in [-0.39, 0.29) is 11.7 Å². The first-order chi connectivity index (χ1) is 16.3. The number of likely N-dealkylation sites (N-methyl/N-ethyl adjacent to an activating group) is 1. The van der Waals surface area contributed by atoms with E-state index in [9.17, 15) is 13.2 Å². The van der Waals surface area contributed by atoms with Gasteiger partial charge in [-0.3, -0.25) is 0 Å². The van der Waals surface area contributed by atoms with E-state index in [1.54, 1.807) is 12.3 Å². The first-order valence-corrected chi connectivity index (χ1v) is 11.2. The van der Waals surface area contributed by atoms with Gasteiger partial charge in [0.1, 0.15) is 5.82 Å². The van der Waals surface area contributed by atoms with Crippen molar-refractivity contribution in [2.24, 2.45) is 0 Å². The molecule has 4 rings (SSSR count). The molecule has 3 N–H and O–H groups in total. The standard InChI is InChI=1S/C23H28F3N7O/c1-3-32-6-8-33(9-7-32)18-13-19-20(30-22(34-2)31-21(19)29-14-18)28-5-4-15-10-16(23(24,25)26)12-17(27)11-15/h10-14H,3-9,27H2,1-2H3,(H,28,29,30,31). The molecule has 1 saturated heterocycles. The lowest BCUT2D eigenvalue weighted by atomic mass is 10.1. The molecule has 0 radical (unpaired) electrons. The predicted octanol–water partition coefficient (Wildman–Crippen LogP) is 3.43. The molecule has 182 valence electrons. The van der Waals surface area contributed by atoms with Crippen LogP contribution in [-0.2, 0) is 12.6 Å². The summed E-state index contributed by atoms with van der Waals surface area (Å²) in [7, 11) is 1.47.